The summed E-state index contributed by atoms with van der Waals surface area (Å²) in [5.41, 5.74) is 0.285. The number of benzene rings is 2. The van der Waals surface area contributed by atoms with Crippen LogP contribution in [-0.4, -0.2) is 15.0 Å². The maximum absolute atomic E-state index is 12.9. The van der Waals surface area contributed by atoms with E-state index in [1.807, 2.05) is 0 Å². The molecule has 0 saturated heterocycles. The smallest absolute Gasteiger partial charge is 0.265 e. The van der Waals surface area contributed by atoms with Gasteiger partial charge in [-0.25, -0.2) is 8.42 Å². The maximum atomic E-state index is 12.9. The van der Waals surface area contributed by atoms with Gasteiger partial charge in [-0.2, -0.15) is 0 Å². The molecule has 0 unspecified atom stereocenters. The van der Waals surface area contributed by atoms with Gasteiger partial charge < -0.3 is 0 Å². The van der Waals surface area contributed by atoms with Crippen molar-refractivity contribution in [1.82, 2.24) is 0 Å². The van der Waals surface area contributed by atoms with Crippen LogP contribution in [0.15, 0.2) is 41.3 Å². The van der Waals surface area contributed by atoms with Gasteiger partial charge in [0.05, 0.1) is 20.8 Å². The van der Waals surface area contributed by atoms with Gasteiger partial charge in [0.25, 0.3) is 10.0 Å². The second kappa shape index (κ2) is 6.85. The van der Waals surface area contributed by atoms with Crippen molar-refractivity contribution >= 4 is 62.1 Å². The van der Waals surface area contributed by atoms with Crippen LogP contribution in [0.1, 0.15) is 6.92 Å². The summed E-state index contributed by atoms with van der Waals surface area (Å²) in [6, 6.07) is 9.05. The monoisotopic (exact) mass is 397 g/mol. The van der Waals surface area contributed by atoms with E-state index in [1.54, 1.807) is 25.1 Å². The molecule has 0 heterocycles. The predicted octanol–water partition coefficient (Wildman–Crippen LogP) is 5.52. The summed E-state index contributed by atoms with van der Waals surface area (Å²) in [6.45, 7) is 1.85. The van der Waals surface area contributed by atoms with Crippen LogP contribution in [0.2, 0.25) is 20.1 Å². The predicted molar refractivity (Wildman–Crippen MR) is 93.1 cm³/mol. The molecular formula is C14H11Cl4NO2S. The van der Waals surface area contributed by atoms with Crippen LogP contribution in [0, 0.1) is 0 Å². The molecule has 3 nitrogen and oxygen atoms in total. The molecule has 0 spiro atoms. The Morgan fingerprint density at radius 3 is 2.32 bits per heavy atom. The van der Waals surface area contributed by atoms with E-state index in [0.717, 1.165) is 4.31 Å². The molecule has 2 aromatic rings. The third kappa shape index (κ3) is 3.31. The normalized spacial score (nSPS) is 11.5. The average Bonchev–Trinajstić information content (AvgIpc) is 2.46. The molecule has 0 aromatic heterocycles. The number of nitrogens with zero attached hydrogens (tertiary/aromatic N) is 1. The fourth-order valence-electron chi connectivity index (χ4n) is 1.95. The first kappa shape index (κ1) is 17.7. The summed E-state index contributed by atoms with van der Waals surface area (Å²) < 4.78 is 26.9. The summed E-state index contributed by atoms with van der Waals surface area (Å²) in [5.74, 6) is 0. The number of anilines is 1. The topological polar surface area (TPSA) is 37.4 Å². The standard InChI is InChI=1S/C14H11Cl4NO2S/c1-2-19(12-5-3-4-11(17)14(12)18)22(20,21)13-8-9(15)6-7-10(13)16/h3-8H,2H2,1H3. The van der Waals surface area contributed by atoms with Crippen molar-refractivity contribution in [2.24, 2.45) is 0 Å². The van der Waals surface area contributed by atoms with E-state index >= 15 is 0 Å². The highest BCUT2D eigenvalue weighted by Gasteiger charge is 2.28. The van der Waals surface area contributed by atoms with Crippen molar-refractivity contribution in [3.05, 3.63) is 56.5 Å². The summed E-state index contributed by atoms with van der Waals surface area (Å²) >= 11 is 24.0. The minimum absolute atomic E-state index is 0.0837. The van der Waals surface area contributed by atoms with Gasteiger partial charge >= 0.3 is 0 Å². The first-order valence-corrected chi connectivity index (χ1v) is 9.16. The van der Waals surface area contributed by atoms with Crippen LogP contribution in [0.3, 0.4) is 0 Å². The molecule has 0 aliphatic rings. The first-order valence-electron chi connectivity index (χ1n) is 6.20. The van der Waals surface area contributed by atoms with E-state index in [9.17, 15) is 8.42 Å². The van der Waals surface area contributed by atoms with E-state index in [0.29, 0.717) is 0 Å². The van der Waals surface area contributed by atoms with Crippen molar-refractivity contribution in [3.8, 4) is 0 Å². The molecule has 0 aliphatic heterocycles. The van der Waals surface area contributed by atoms with Gasteiger partial charge in [-0.15, -0.1) is 0 Å². The SMILES string of the molecule is CCN(c1cccc(Cl)c1Cl)S(=O)(=O)c1cc(Cl)ccc1Cl. The van der Waals surface area contributed by atoms with Gasteiger partial charge in [0.1, 0.15) is 4.90 Å². The molecule has 118 valence electrons. The Bertz CT molecular complexity index is 808. The van der Waals surface area contributed by atoms with Crippen LogP contribution >= 0.6 is 46.4 Å². The summed E-state index contributed by atoms with van der Waals surface area (Å²) in [4.78, 5) is -0.0837. The van der Waals surface area contributed by atoms with Crippen molar-refractivity contribution in [2.45, 2.75) is 11.8 Å². The molecule has 0 amide bonds. The minimum atomic E-state index is -3.92. The Kier molecular flexibility index (Phi) is 5.51. The summed E-state index contributed by atoms with van der Waals surface area (Å²) in [6.07, 6.45) is 0. The van der Waals surface area contributed by atoms with Crippen molar-refractivity contribution in [2.75, 3.05) is 10.8 Å². The molecule has 8 heteroatoms. The minimum Gasteiger partial charge on any atom is -0.265 e. The maximum Gasteiger partial charge on any atom is 0.265 e. The highest BCUT2D eigenvalue weighted by Crippen LogP contribution is 2.37. The molecule has 0 radical (unpaired) electrons. The Morgan fingerprint density at radius 1 is 1.00 bits per heavy atom. The molecule has 2 aromatic carbocycles. The molecule has 0 bridgehead atoms. The lowest BCUT2D eigenvalue weighted by atomic mass is 10.3. The number of hydrogen-bond donors (Lipinski definition) is 0. The molecule has 0 aliphatic carbocycles. The second-order valence-electron chi connectivity index (χ2n) is 4.32. The van der Waals surface area contributed by atoms with Gasteiger partial charge in [-0.05, 0) is 37.3 Å². The fourth-order valence-corrected chi connectivity index (χ4v) is 4.62. The molecule has 0 fully saturated rings. The molecule has 2 rings (SSSR count). The molecule has 22 heavy (non-hydrogen) atoms. The van der Waals surface area contributed by atoms with Gasteiger partial charge in [0.15, 0.2) is 0 Å². The Morgan fingerprint density at radius 2 is 1.68 bits per heavy atom. The summed E-state index contributed by atoms with van der Waals surface area (Å²) in [7, 11) is -3.92. The van der Waals surface area contributed by atoms with Crippen LogP contribution in [0.25, 0.3) is 0 Å². The number of rotatable bonds is 4. The highest BCUT2D eigenvalue weighted by molar-refractivity contribution is 7.93. The van der Waals surface area contributed by atoms with E-state index in [2.05, 4.69) is 0 Å². The lowest BCUT2D eigenvalue weighted by molar-refractivity contribution is 0.592. The van der Waals surface area contributed by atoms with Gasteiger partial charge in [-0.3, -0.25) is 4.31 Å². The largest absolute Gasteiger partial charge is 0.265 e. The lowest BCUT2D eigenvalue weighted by Gasteiger charge is -2.24. The molecular weight excluding hydrogens is 388 g/mol. The Balaban J connectivity index is 2.64. The first-order chi connectivity index (χ1) is 10.3. The summed E-state index contributed by atoms with van der Waals surface area (Å²) in [5, 5.41) is 0.787. The van der Waals surface area contributed by atoms with E-state index in [1.165, 1.54) is 18.2 Å². The number of hydrogen-bond acceptors (Lipinski definition) is 2. The quantitative estimate of drug-likeness (QED) is 0.680. The van der Waals surface area contributed by atoms with E-state index < -0.39 is 10.0 Å². The van der Waals surface area contributed by atoms with Crippen LogP contribution in [0.5, 0.6) is 0 Å². The van der Waals surface area contributed by atoms with Crippen LogP contribution in [0.4, 0.5) is 5.69 Å². The third-order valence-electron chi connectivity index (χ3n) is 2.95. The molecule has 0 saturated carbocycles. The van der Waals surface area contributed by atoms with Crippen molar-refractivity contribution < 1.29 is 8.42 Å². The lowest BCUT2D eigenvalue weighted by Crippen LogP contribution is -2.31. The van der Waals surface area contributed by atoms with E-state index in [4.69, 9.17) is 46.4 Å². The van der Waals surface area contributed by atoms with Crippen molar-refractivity contribution in [3.63, 3.8) is 0 Å². The van der Waals surface area contributed by atoms with Gasteiger partial charge in [0, 0.05) is 11.6 Å². The van der Waals surface area contributed by atoms with Crippen molar-refractivity contribution in [1.29, 1.82) is 0 Å². The van der Waals surface area contributed by atoms with Crippen LogP contribution in [-0.2, 0) is 10.0 Å². The zero-order chi connectivity index (χ0) is 16.5. The Hall–Kier alpha value is -0.650. The zero-order valence-electron chi connectivity index (χ0n) is 11.4. The molecule has 0 N–H and O–H groups in total. The molecule has 0 atom stereocenters. The number of sulfonamides is 1. The fraction of sp³-hybridized carbons (Fsp3) is 0.143. The second-order valence-corrected chi connectivity index (χ2v) is 7.78. The number of halogens is 4. The van der Waals surface area contributed by atoms with Gasteiger partial charge in [0.2, 0.25) is 0 Å². The average molecular weight is 399 g/mol. The Labute approximate surface area is 149 Å². The van der Waals surface area contributed by atoms with E-state index in [-0.39, 0.29) is 37.2 Å². The zero-order valence-corrected chi connectivity index (χ0v) is 15.2. The van der Waals surface area contributed by atoms with Crippen LogP contribution < -0.4 is 4.31 Å². The van der Waals surface area contributed by atoms with Gasteiger partial charge in [-0.1, -0.05) is 52.5 Å². The third-order valence-corrected chi connectivity index (χ3v) is 6.36. The highest BCUT2D eigenvalue weighted by atomic mass is 35.5.